The van der Waals surface area contributed by atoms with Crippen LogP contribution in [0.1, 0.15) is 18.4 Å². The van der Waals surface area contributed by atoms with E-state index in [1.165, 1.54) is 6.33 Å². The summed E-state index contributed by atoms with van der Waals surface area (Å²) >= 11 is 0. The van der Waals surface area contributed by atoms with Crippen molar-refractivity contribution < 1.29 is 5.11 Å². The highest BCUT2D eigenvalue weighted by Crippen LogP contribution is 2.25. The lowest BCUT2D eigenvalue weighted by Crippen LogP contribution is -2.37. The number of hydrogen-bond acceptors (Lipinski definition) is 5. The van der Waals surface area contributed by atoms with E-state index in [0.29, 0.717) is 11.7 Å². The van der Waals surface area contributed by atoms with Crippen molar-refractivity contribution in [1.29, 1.82) is 0 Å². The van der Waals surface area contributed by atoms with E-state index in [9.17, 15) is 5.11 Å². The van der Waals surface area contributed by atoms with Crippen molar-refractivity contribution in [2.45, 2.75) is 19.8 Å². The number of nitrogens with two attached hydrogens (primary N) is 1. The molecule has 3 N–H and O–H groups in total. The van der Waals surface area contributed by atoms with E-state index in [2.05, 4.69) is 14.9 Å². The van der Waals surface area contributed by atoms with Gasteiger partial charge in [-0.25, -0.2) is 9.97 Å². The summed E-state index contributed by atoms with van der Waals surface area (Å²) in [7, 11) is 0. The molecule has 0 amide bonds. The van der Waals surface area contributed by atoms with Crippen LogP contribution in [0.5, 0.6) is 0 Å². The molecule has 2 rings (SSSR count). The Balaban J connectivity index is 2.20. The van der Waals surface area contributed by atoms with Gasteiger partial charge < -0.3 is 15.7 Å². The second kappa shape index (κ2) is 4.65. The van der Waals surface area contributed by atoms with Gasteiger partial charge in [0.1, 0.15) is 18.0 Å². The van der Waals surface area contributed by atoms with E-state index in [0.717, 1.165) is 37.3 Å². The van der Waals surface area contributed by atoms with Gasteiger partial charge in [-0.1, -0.05) is 0 Å². The second-order valence-corrected chi connectivity index (χ2v) is 4.34. The number of aliphatic hydroxyl groups excluding tert-OH is 1. The zero-order chi connectivity index (χ0) is 11.5. The maximum absolute atomic E-state index is 9.20. The number of hydrogen-bond donors (Lipinski definition) is 2. The van der Waals surface area contributed by atoms with Crippen LogP contribution in [0.2, 0.25) is 0 Å². The lowest BCUT2D eigenvalue weighted by molar-refractivity contribution is 0.208. The summed E-state index contributed by atoms with van der Waals surface area (Å²) in [5.74, 6) is 1.80. The van der Waals surface area contributed by atoms with Gasteiger partial charge in [-0.2, -0.15) is 0 Å². The Morgan fingerprint density at radius 2 is 2.38 bits per heavy atom. The molecule has 0 spiro atoms. The Labute approximate surface area is 95.3 Å². The molecule has 5 nitrogen and oxygen atoms in total. The Bertz CT molecular complexity index is 369. The van der Waals surface area contributed by atoms with E-state index in [1.54, 1.807) is 0 Å². The highest BCUT2D eigenvalue weighted by molar-refractivity contribution is 5.55. The molecule has 16 heavy (non-hydrogen) atoms. The Kier molecular flexibility index (Phi) is 3.24. The lowest BCUT2D eigenvalue weighted by atomic mass is 9.99. The molecule has 0 saturated carbocycles. The fourth-order valence-electron chi connectivity index (χ4n) is 2.18. The third-order valence-electron chi connectivity index (χ3n) is 3.17. The second-order valence-electron chi connectivity index (χ2n) is 4.34. The summed E-state index contributed by atoms with van der Waals surface area (Å²) in [6, 6.07) is 0. The minimum atomic E-state index is 0.246. The van der Waals surface area contributed by atoms with E-state index in [-0.39, 0.29) is 6.61 Å². The molecule has 2 heterocycles. The molecule has 1 aliphatic rings. The number of nitrogens with zero attached hydrogens (tertiary/aromatic N) is 3. The van der Waals surface area contributed by atoms with Crippen molar-refractivity contribution in [2.24, 2.45) is 5.92 Å². The maximum Gasteiger partial charge on any atom is 0.137 e. The largest absolute Gasteiger partial charge is 0.396 e. The van der Waals surface area contributed by atoms with Crippen LogP contribution in [-0.2, 0) is 0 Å². The van der Waals surface area contributed by atoms with E-state index in [1.807, 2.05) is 6.92 Å². The number of anilines is 2. The summed E-state index contributed by atoms with van der Waals surface area (Å²) in [5, 5.41) is 9.20. The van der Waals surface area contributed by atoms with Gasteiger partial charge in [0.2, 0.25) is 0 Å². The molecule has 1 atom stereocenters. The number of aliphatic hydroxyl groups is 1. The molecule has 1 unspecified atom stereocenters. The van der Waals surface area contributed by atoms with Gasteiger partial charge >= 0.3 is 0 Å². The highest BCUT2D eigenvalue weighted by atomic mass is 16.3. The average molecular weight is 222 g/mol. The number of piperidine rings is 1. The molecule has 5 heteroatoms. The first-order chi connectivity index (χ1) is 7.72. The van der Waals surface area contributed by atoms with Crippen LogP contribution in [0.25, 0.3) is 0 Å². The van der Waals surface area contributed by atoms with Crippen LogP contribution in [-0.4, -0.2) is 34.8 Å². The molecule has 0 aliphatic carbocycles. The molecule has 1 aliphatic heterocycles. The molecular formula is C11H18N4O. The summed E-state index contributed by atoms with van der Waals surface area (Å²) in [6.07, 6.45) is 3.68. The van der Waals surface area contributed by atoms with Crippen LogP contribution in [0.4, 0.5) is 11.6 Å². The summed E-state index contributed by atoms with van der Waals surface area (Å²) in [6.45, 7) is 4.02. The van der Waals surface area contributed by atoms with Crippen molar-refractivity contribution in [1.82, 2.24) is 9.97 Å². The maximum atomic E-state index is 9.20. The minimum absolute atomic E-state index is 0.246. The molecule has 1 fully saturated rings. The Morgan fingerprint density at radius 3 is 3.12 bits per heavy atom. The third-order valence-corrected chi connectivity index (χ3v) is 3.17. The summed E-state index contributed by atoms with van der Waals surface area (Å²) < 4.78 is 0. The van der Waals surface area contributed by atoms with Gasteiger partial charge in [0.15, 0.2) is 0 Å². The van der Waals surface area contributed by atoms with Crippen molar-refractivity contribution >= 4 is 11.6 Å². The first-order valence-electron chi connectivity index (χ1n) is 5.65. The molecule has 0 radical (unpaired) electrons. The third kappa shape index (κ3) is 2.09. The van der Waals surface area contributed by atoms with Gasteiger partial charge in [0.05, 0.1) is 0 Å². The van der Waals surface area contributed by atoms with Crippen LogP contribution >= 0.6 is 0 Å². The van der Waals surface area contributed by atoms with E-state index >= 15 is 0 Å². The number of rotatable bonds is 2. The molecular weight excluding hydrogens is 204 g/mol. The Hall–Kier alpha value is -1.36. The van der Waals surface area contributed by atoms with Crippen LogP contribution in [0.15, 0.2) is 6.33 Å². The van der Waals surface area contributed by atoms with Gasteiger partial charge in [-0.05, 0) is 25.7 Å². The topological polar surface area (TPSA) is 75.3 Å². The predicted octanol–water partition coefficient (Wildman–Crippen LogP) is 0.576. The fourth-order valence-corrected chi connectivity index (χ4v) is 2.18. The molecule has 1 saturated heterocycles. The number of aromatic nitrogens is 2. The van der Waals surface area contributed by atoms with Gasteiger partial charge in [-0.3, -0.25) is 0 Å². The molecule has 0 aromatic carbocycles. The molecule has 1 aromatic heterocycles. The van der Waals surface area contributed by atoms with Crippen molar-refractivity contribution in [3.63, 3.8) is 0 Å². The SMILES string of the molecule is Cc1c(N)ncnc1N1CCCC(CO)C1. The summed E-state index contributed by atoms with van der Waals surface area (Å²) in [4.78, 5) is 10.4. The van der Waals surface area contributed by atoms with Crippen molar-refractivity contribution in [3.05, 3.63) is 11.9 Å². The van der Waals surface area contributed by atoms with E-state index < -0.39 is 0 Å². The lowest BCUT2D eigenvalue weighted by Gasteiger charge is -2.33. The van der Waals surface area contributed by atoms with Gasteiger partial charge in [0, 0.05) is 25.3 Å². The smallest absolute Gasteiger partial charge is 0.137 e. The van der Waals surface area contributed by atoms with Gasteiger partial charge in [0.25, 0.3) is 0 Å². The standard InChI is InChI=1S/C11H18N4O/c1-8-10(12)13-7-14-11(8)15-4-2-3-9(5-15)6-16/h7,9,16H,2-6H2,1H3,(H2,12,13,14). The normalized spacial score (nSPS) is 21.1. The molecule has 0 bridgehead atoms. The van der Waals surface area contributed by atoms with Crippen LogP contribution in [0.3, 0.4) is 0 Å². The molecule has 1 aromatic rings. The highest BCUT2D eigenvalue weighted by Gasteiger charge is 2.21. The van der Waals surface area contributed by atoms with Gasteiger partial charge in [-0.15, -0.1) is 0 Å². The average Bonchev–Trinajstić information content (AvgIpc) is 2.33. The van der Waals surface area contributed by atoms with Crippen molar-refractivity contribution in [3.8, 4) is 0 Å². The van der Waals surface area contributed by atoms with Crippen molar-refractivity contribution in [2.75, 3.05) is 30.3 Å². The minimum Gasteiger partial charge on any atom is -0.396 e. The van der Waals surface area contributed by atoms with E-state index in [4.69, 9.17) is 5.73 Å². The first kappa shape index (κ1) is 11.1. The predicted molar refractivity (Wildman–Crippen MR) is 63.2 cm³/mol. The van der Waals surface area contributed by atoms with Crippen LogP contribution < -0.4 is 10.6 Å². The quantitative estimate of drug-likeness (QED) is 0.765. The summed E-state index contributed by atoms with van der Waals surface area (Å²) in [5.41, 5.74) is 6.70. The first-order valence-corrected chi connectivity index (χ1v) is 5.65. The Morgan fingerprint density at radius 1 is 1.56 bits per heavy atom. The monoisotopic (exact) mass is 222 g/mol. The zero-order valence-corrected chi connectivity index (χ0v) is 9.56. The fraction of sp³-hybridized carbons (Fsp3) is 0.636. The van der Waals surface area contributed by atoms with Crippen LogP contribution in [0, 0.1) is 12.8 Å². The molecule has 88 valence electrons. The number of nitrogen functional groups attached to an aromatic ring is 1. The zero-order valence-electron chi connectivity index (χ0n) is 9.56.